The molecule has 2 aliphatic rings. The lowest BCUT2D eigenvalue weighted by atomic mass is 10.0. The van der Waals surface area contributed by atoms with Crippen molar-refractivity contribution >= 4 is 0 Å². The lowest BCUT2D eigenvalue weighted by Crippen LogP contribution is -2.26. The van der Waals surface area contributed by atoms with Crippen LogP contribution in [-0.2, 0) is 4.74 Å². The summed E-state index contributed by atoms with van der Waals surface area (Å²) in [5.41, 5.74) is 0. The first-order valence-corrected chi connectivity index (χ1v) is 7.70. The fraction of sp³-hybridized carbons (Fsp3) is 1.00. The summed E-state index contributed by atoms with van der Waals surface area (Å²) in [6, 6.07) is 0. The third kappa shape index (κ3) is 4.59. The van der Waals surface area contributed by atoms with Crippen LogP contribution >= 0.6 is 0 Å². The Hall–Kier alpha value is -0.0800. The highest BCUT2D eigenvalue weighted by atomic mass is 16.5. The Balaban J connectivity index is 1.77. The second kappa shape index (κ2) is 7.38. The van der Waals surface area contributed by atoms with Gasteiger partial charge in [-0.1, -0.05) is 51.4 Å². The Morgan fingerprint density at radius 2 is 1.24 bits per heavy atom. The van der Waals surface area contributed by atoms with Crippen LogP contribution in [0, 0.1) is 0 Å². The number of hydrogen-bond donors (Lipinski definition) is 1. The Labute approximate surface area is 106 Å². The van der Waals surface area contributed by atoms with Crippen molar-refractivity contribution in [1.82, 2.24) is 0 Å². The summed E-state index contributed by atoms with van der Waals surface area (Å²) >= 11 is 0. The van der Waals surface area contributed by atoms with Crippen molar-refractivity contribution in [3.8, 4) is 0 Å². The zero-order valence-corrected chi connectivity index (χ0v) is 11.1. The third-order valence-electron chi connectivity index (χ3n) is 4.35. The zero-order valence-electron chi connectivity index (χ0n) is 11.1. The molecule has 2 saturated heterocycles. The molecule has 2 nitrogen and oxygen atoms in total. The van der Waals surface area contributed by atoms with Crippen LogP contribution in [0.1, 0.15) is 77.0 Å². The fourth-order valence-electron chi connectivity index (χ4n) is 3.20. The Bertz CT molecular complexity index is 205. The Morgan fingerprint density at radius 1 is 0.647 bits per heavy atom. The summed E-state index contributed by atoms with van der Waals surface area (Å²) in [4.78, 5) is 0. The van der Waals surface area contributed by atoms with Gasteiger partial charge in [0.15, 0.2) is 0 Å². The normalized spacial score (nSPS) is 37.6. The van der Waals surface area contributed by atoms with Crippen molar-refractivity contribution in [3.63, 3.8) is 0 Å². The highest BCUT2D eigenvalue weighted by Crippen LogP contribution is 2.28. The van der Waals surface area contributed by atoms with Gasteiger partial charge in [-0.2, -0.15) is 0 Å². The van der Waals surface area contributed by atoms with Gasteiger partial charge >= 0.3 is 0 Å². The van der Waals surface area contributed by atoms with E-state index < -0.39 is 0 Å². The second-order valence-corrected chi connectivity index (χ2v) is 5.85. The summed E-state index contributed by atoms with van der Waals surface area (Å²) < 4.78 is 5.97. The Kier molecular flexibility index (Phi) is 5.79. The fourth-order valence-corrected chi connectivity index (χ4v) is 3.20. The molecule has 2 fully saturated rings. The zero-order chi connectivity index (χ0) is 11.9. The second-order valence-electron chi connectivity index (χ2n) is 5.85. The maximum absolute atomic E-state index is 10.1. The molecule has 0 aromatic carbocycles. The maximum Gasteiger partial charge on any atom is 0.0838 e. The first-order valence-electron chi connectivity index (χ1n) is 7.70. The highest BCUT2D eigenvalue weighted by molar-refractivity contribution is 4.79. The summed E-state index contributed by atoms with van der Waals surface area (Å²) in [6.45, 7) is 0. The van der Waals surface area contributed by atoms with Gasteiger partial charge in [-0.05, 0) is 25.7 Å². The molecule has 0 amide bonds. The first-order chi connectivity index (χ1) is 8.36. The van der Waals surface area contributed by atoms with Gasteiger partial charge in [-0.15, -0.1) is 0 Å². The van der Waals surface area contributed by atoms with Crippen LogP contribution < -0.4 is 0 Å². The van der Waals surface area contributed by atoms with Crippen LogP contribution in [0.2, 0.25) is 0 Å². The number of aliphatic hydroxyl groups excluding tert-OH is 1. The predicted molar refractivity (Wildman–Crippen MR) is 70.1 cm³/mol. The molecule has 0 radical (unpaired) electrons. The molecule has 17 heavy (non-hydrogen) atoms. The van der Waals surface area contributed by atoms with Gasteiger partial charge in [-0.25, -0.2) is 0 Å². The van der Waals surface area contributed by atoms with E-state index in [1.165, 1.54) is 64.2 Å². The van der Waals surface area contributed by atoms with Gasteiger partial charge in [-0.3, -0.25) is 0 Å². The molecule has 3 atom stereocenters. The first kappa shape index (κ1) is 13.4. The van der Waals surface area contributed by atoms with Crippen molar-refractivity contribution in [2.45, 2.75) is 95.4 Å². The van der Waals surface area contributed by atoms with Crippen LogP contribution in [0.15, 0.2) is 0 Å². The third-order valence-corrected chi connectivity index (χ3v) is 4.35. The van der Waals surface area contributed by atoms with Crippen LogP contribution in [-0.4, -0.2) is 23.4 Å². The van der Waals surface area contributed by atoms with Gasteiger partial charge in [0.1, 0.15) is 0 Å². The van der Waals surface area contributed by atoms with Gasteiger partial charge in [0.25, 0.3) is 0 Å². The van der Waals surface area contributed by atoms with Crippen molar-refractivity contribution in [3.05, 3.63) is 0 Å². The Morgan fingerprint density at radius 3 is 1.94 bits per heavy atom. The number of hydrogen-bond acceptors (Lipinski definition) is 2. The van der Waals surface area contributed by atoms with Crippen LogP contribution in [0.5, 0.6) is 0 Å². The van der Waals surface area contributed by atoms with E-state index in [0.717, 1.165) is 12.8 Å². The molecular formula is C15H28O2. The van der Waals surface area contributed by atoms with E-state index in [-0.39, 0.29) is 12.2 Å². The summed E-state index contributed by atoms with van der Waals surface area (Å²) in [5.74, 6) is 0. The van der Waals surface area contributed by atoms with Gasteiger partial charge in [0.05, 0.1) is 18.3 Å². The molecule has 0 aromatic heterocycles. The SMILES string of the molecule is OC1CCCCCCCCCCC2CCC1O2. The lowest BCUT2D eigenvalue weighted by Gasteiger charge is -2.19. The molecule has 2 rings (SSSR count). The molecule has 2 heterocycles. The quantitative estimate of drug-likeness (QED) is 0.697. The van der Waals surface area contributed by atoms with Gasteiger partial charge < -0.3 is 9.84 Å². The smallest absolute Gasteiger partial charge is 0.0838 e. The topological polar surface area (TPSA) is 29.5 Å². The van der Waals surface area contributed by atoms with Crippen molar-refractivity contribution in [1.29, 1.82) is 0 Å². The number of rotatable bonds is 0. The number of aliphatic hydroxyl groups is 1. The largest absolute Gasteiger partial charge is 0.390 e. The standard InChI is InChI=1S/C15H28O2/c16-14-10-8-6-4-2-1-3-5-7-9-13-11-12-15(14)17-13/h13-16H,1-12H2. The van der Waals surface area contributed by atoms with E-state index in [9.17, 15) is 5.11 Å². The van der Waals surface area contributed by atoms with E-state index in [4.69, 9.17) is 4.74 Å². The van der Waals surface area contributed by atoms with E-state index >= 15 is 0 Å². The van der Waals surface area contributed by atoms with Crippen molar-refractivity contribution < 1.29 is 9.84 Å². The minimum Gasteiger partial charge on any atom is -0.390 e. The number of ether oxygens (including phenoxy) is 1. The summed E-state index contributed by atoms with van der Waals surface area (Å²) in [5, 5.41) is 10.1. The van der Waals surface area contributed by atoms with Crippen molar-refractivity contribution in [2.24, 2.45) is 0 Å². The van der Waals surface area contributed by atoms with Gasteiger partial charge in [0, 0.05) is 0 Å². The molecule has 0 aromatic rings. The molecule has 0 spiro atoms. The molecule has 3 unspecified atom stereocenters. The van der Waals surface area contributed by atoms with E-state index in [1.54, 1.807) is 0 Å². The molecule has 100 valence electrons. The molecule has 2 aliphatic heterocycles. The monoisotopic (exact) mass is 240 g/mol. The van der Waals surface area contributed by atoms with E-state index in [2.05, 4.69) is 0 Å². The highest BCUT2D eigenvalue weighted by Gasteiger charge is 2.29. The average Bonchev–Trinajstić information content (AvgIpc) is 2.79. The van der Waals surface area contributed by atoms with Crippen molar-refractivity contribution in [2.75, 3.05) is 0 Å². The maximum atomic E-state index is 10.1. The van der Waals surface area contributed by atoms with Gasteiger partial charge in [0.2, 0.25) is 0 Å². The summed E-state index contributed by atoms with van der Waals surface area (Å²) in [7, 11) is 0. The molecule has 2 bridgehead atoms. The van der Waals surface area contributed by atoms with E-state index in [1.807, 2.05) is 0 Å². The minimum atomic E-state index is -0.206. The molecular weight excluding hydrogens is 212 g/mol. The number of fused-ring (bicyclic) bond motifs is 2. The van der Waals surface area contributed by atoms with Crippen LogP contribution in [0.4, 0.5) is 0 Å². The molecule has 0 aliphatic carbocycles. The predicted octanol–water partition coefficient (Wildman–Crippen LogP) is 3.81. The summed E-state index contributed by atoms with van der Waals surface area (Å²) in [6.07, 6.45) is 15.5. The van der Waals surface area contributed by atoms with E-state index in [0.29, 0.717) is 6.10 Å². The molecule has 2 heteroatoms. The van der Waals surface area contributed by atoms with Crippen LogP contribution in [0.25, 0.3) is 0 Å². The minimum absolute atomic E-state index is 0.142. The lowest BCUT2D eigenvalue weighted by molar-refractivity contribution is -0.0402. The molecule has 1 N–H and O–H groups in total. The average molecular weight is 240 g/mol. The van der Waals surface area contributed by atoms with Crippen LogP contribution in [0.3, 0.4) is 0 Å². The molecule has 0 saturated carbocycles.